The molecule has 0 spiro atoms. The van der Waals surface area contributed by atoms with Crippen LogP contribution in [0, 0.1) is 0 Å². The summed E-state index contributed by atoms with van der Waals surface area (Å²) in [5.41, 5.74) is 0.296. The van der Waals surface area contributed by atoms with E-state index in [4.69, 9.17) is 5.11 Å². The molecule has 0 aliphatic heterocycles. The molecule has 1 aromatic rings. The molecule has 0 amide bonds. The van der Waals surface area contributed by atoms with Crippen LogP contribution in [0.1, 0.15) is 11.7 Å². The lowest BCUT2D eigenvalue weighted by molar-refractivity contribution is -0.146. The quantitative estimate of drug-likeness (QED) is 0.434. The zero-order chi connectivity index (χ0) is 13.0. The van der Waals surface area contributed by atoms with Gasteiger partial charge in [-0.25, -0.2) is 0 Å². The summed E-state index contributed by atoms with van der Waals surface area (Å²) in [5, 5.41) is 31.0. The maximum Gasteiger partial charge on any atom is 0.325 e. The fraction of sp³-hybridized carbons (Fsp3) is 0.364. The van der Waals surface area contributed by atoms with Crippen molar-refractivity contribution in [2.24, 2.45) is 0 Å². The number of aromatic hydroxyl groups is 2. The van der Waals surface area contributed by atoms with E-state index < -0.39 is 18.1 Å². The smallest absolute Gasteiger partial charge is 0.325 e. The summed E-state index contributed by atoms with van der Waals surface area (Å²) < 4.78 is 4.53. The maximum absolute atomic E-state index is 11.4. The highest BCUT2D eigenvalue weighted by Crippen LogP contribution is 2.29. The van der Waals surface area contributed by atoms with Gasteiger partial charge in [0.25, 0.3) is 0 Å². The summed E-state index contributed by atoms with van der Waals surface area (Å²) in [6, 6.07) is 2.89. The van der Waals surface area contributed by atoms with Crippen LogP contribution in [-0.4, -0.2) is 41.5 Å². The molecule has 0 bridgehead atoms. The zero-order valence-corrected chi connectivity index (χ0v) is 9.54. The number of carbonyl (C=O) groups is 1. The Morgan fingerprint density at radius 3 is 2.47 bits per heavy atom. The number of nitrogens with one attached hydrogen (secondary N) is 1. The van der Waals surface area contributed by atoms with Crippen molar-refractivity contribution >= 4 is 5.97 Å². The second-order valence-electron chi connectivity index (χ2n) is 3.48. The topological polar surface area (TPSA) is 99.0 Å². The fourth-order valence-corrected chi connectivity index (χ4v) is 1.45. The summed E-state index contributed by atoms with van der Waals surface area (Å²) in [4.78, 5) is 11.4. The second-order valence-corrected chi connectivity index (χ2v) is 3.48. The number of benzene rings is 1. The number of hydrogen-bond donors (Lipinski definition) is 4. The Morgan fingerprint density at radius 2 is 2.00 bits per heavy atom. The number of phenols is 2. The van der Waals surface area contributed by atoms with Crippen molar-refractivity contribution < 1.29 is 24.9 Å². The molecule has 94 valence electrons. The number of hydrogen-bond acceptors (Lipinski definition) is 6. The number of methoxy groups -OCH3 is 1. The first-order valence-corrected chi connectivity index (χ1v) is 4.96. The van der Waals surface area contributed by atoms with Crippen LogP contribution in [0.25, 0.3) is 0 Å². The lowest BCUT2D eigenvalue weighted by atomic mass is 10.0. The van der Waals surface area contributed by atoms with Gasteiger partial charge < -0.3 is 25.4 Å². The molecule has 17 heavy (non-hydrogen) atoms. The first-order chi connectivity index (χ1) is 8.01. The predicted molar refractivity (Wildman–Crippen MR) is 59.6 cm³/mol. The van der Waals surface area contributed by atoms with Crippen LogP contribution in [0.5, 0.6) is 11.5 Å². The third-order valence-corrected chi connectivity index (χ3v) is 2.42. The highest BCUT2D eigenvalue weighted by molar-refractivity contribution is 5.76. The number of carbonyl (C=O) groups excluding carboxylic acids is 1. The molecular weight excluding hydrogens is 226 g/mol. The number of rotatable bonds is 4. The van der Waals surface area contributed by atoms with E-state index in [1.165, 1.54) is 32.4 Å². The van der Waals surface area contributed by atoms with Gasteiger partial charge in [0, 0.05) is 0 Å². The molecular formula is C11H15NO5. The fourth-order valence-electron chi connectivity index (χ4n) is 1.45. The zero-order valence-electron chi connectivity index (χ0n) is 9.54. The lowest BCUT2D eigenvalue weighted by Crippen LogP contribution is -2.40. The second kappa shape index (κ2) is 5.51. The Morgan fingerprint density at radius 1 is 1.35 bits per heavy atom. The third kappa shape index (κ3) is 2.86. The summed E-state index contributed by atoms with van der Waals surface area (Å²) in [7, 11) is 2.72. The van der Waals surface area contributed by atoms with Crippen molar-refractivity contribution in [3.8, 4) is 11.5 Å². The Bertz CT molecular complexity index is 407. The van der Waals surface area contributed by atoms with E-state index in [9.17, 15) is 15.0 Å². The first-order valence-electron chi connectivity index (χ1n) is 4.96. The number of phenolic OH excluding ortho intramolecular Hbond substituents is 2. The third-order valence-electron chi connectivity index (χ3n) is 2.42. The Kier molecular flexibility index (Phi) is 4.30. The molecule has 6 heteroatoms. The van der Waals surface area contributed by atoms with E-state index in [0.29, 0.717) is 5.56 Å². The van der Waals surface area contributed by atoms with Crippen LogP contribution in [0.15, 0.2) is 18.2 Å². The molecule has 0 saturated carbocycles. The number of esters is 1. The van der Waals surface area contributed by atoms with Crippen LogP contribution in [0.2, 0.25) is 0 Å². The monoisotopic (exact) mass is 241 g/mol. The Hall–Kier alpha value is -1.79. The molecule has 1 aromatic carbocycles. The van der Waals surface area contributed by atoms with Gasteiger partial charge in [-0.1, -0.05) is 6.07 Å². The van der Waals surface area contributed by atoms with E-state index in [1.54, 1.807) is 0 Å². The average Bonchev–Trinajstić information content (AvgIpc) is 2.33. The molecule has 0 unspecified atom stereocenters. The molecule has 0 radical (unpaired) electrons. The molecule has 0 aliphatic rings. The van der Waals surface area contributed by atoms with E-state index in [1.807, 2.05) is 0 Å². The SMILES string of the molecule is CN[C@@H](C(=O)OC)[C@@H](O)c1ccc(O)c(O)c1. The molecule has 1 rings (SSSR count). The van der Waals surface area contributed by atoms with Crippen molar-refractivity contribution in [3.05, 3.63) is 23.8 Å². The van der Waals surface area contributed by atoms with Crippen LogP contribution in [0.3, 0.4) is 0 Å². The van der Waals surface area contributed by atoms with Gasteiger partial charge in [-0.15, -0.1) is 0 Å². The van der Waals surface area contributed by atoms with Gasteiger partial charge in [0.05, 0.1) is 7.11 Å². The molecule has 0 aromatic heterocycles. The Labute approximate surface area is 98.5 Å². The number of ether oxygens (including phenoxy) is 1. The van der Waals surface area contributed by atoms with Gasteiger partial charge in [0.2, 0.25) is 0 Å². The molecule has 0 saturated heterocycles. The predicted octanol–water partition coefficient (Wildman–Crippen LogP) is -0.108. The van der Waals surface area contributed by atoms with Gasteiger partial charge in [-0.05, 0) is 24.7 Å². The van der Waals surface area contributed by atoms with Crippen molar-refractivity contribution in [2.75, 3.05) is 14.2 Å². The maximum atomic E-state index is 11.4. The van der Waals surface area contributed by atoms with Gasteiger partial charge >= 0.3 is 5.97 Å². The largest absolute Gasteiger partial charge is 0.504 e. The summed E-state index contributed by atoms with van der Waals surface area (Å²) >= 11 is 0. The minimum absolute atomic E-state index is 0.292. The molecule has 4 N–H and O–H groups in total. The van der Waals surface area contributed by atoms with Crippen molar-refractivity contribution in [2.45, 2.75) is 12.1 Å². The van der Waals surface area contributed by atoms with Crippen LogP contribution < -0.4 is 5.32 Å². The van der Waals surface area contributed by atoms with Crippen LogP contribution in [-0.2, 0) is 9.53 Å². The van der Waals surface area contributed by atoms with Gasteiger partial charge in [0.1, 0.15) is 12.1 Å². The first kappa shape index (κ1) is 13.3. The molecule has 6 nitrogen and oxygen atoms in total. The van der Waals surface area contributed by atoms with Crippen molar-refractivity contribution in [1.29, 1.82) is 0 Å². The van der Waals surface area contributed by atoms with Crippen LogP contribution >= 0.6 is 0 Å². The van der Waals surface area contributed by atoms with Crippen molar-refractivity contribution in [3.63, 3.8) is 0 Å². The highest BCUT2D eigenvalue weighted by Gasteiger charge is 2.27. The standard InChI is InChI=1S/C11H15NO5/c1-12-9(11(16)17-2)10(15)6-3-4-7(13)8(14)5-6/h3-5,9-10,12-15H,1-2H3/t9-,10+/m1/s1. The summed E-state index contributed by atoms with van der Waals surface area (Å²) in [5.74, 6) is -1.27. The van der Waals surface area contributed by atoms with E-state index >= 15 is 0 Å². The molecule has 0 aliphatic carbocycles. The van der Waals surface area contributed by atoms with E-state index in [0.717, 1.165) is 0 Å². The van der Waals surface area contributed by atoms with Crippen LogP contribution in [0.4, 0.5) is 0 Å². The highest BCUT2D eigenvalue weighted by atomic mass is 16.5. The van der Waals surface area contributed by atoms with E-state index in [2.05, 4.69) is 10.1 Å². The summed E-state index contributed by atoms with van der Waals surface area (Å²) in [6.45, 7) is 0. The minimum atomic E-state index is -1.18. The number of aliphatic hydroxyl groups is 1. The molecule has 2 atom stereocenters. The molecule has 0 heterocycles. The van der Waals surface area contributed by atoms with Crippen molar-refractivity contribution in [1.82, 2.24) is 5.32 Å². The average molecular weight is 241 g/mol. The number of likely N-dealkylation sites (N-methyl/N-ethyl adjacent to an activating group) is 1. The summed E-state index contributed by atoms with van der Waals surface area (Å²) in [6.07, 6.45) is -1.18. The number of aliphatic hydroxyl groups excluding tert-OH is 1. The Balaban J connectivity index is 2.97. The minimum Gasteiger partial charge on any atom is -0.504 e. The van der Waals surface area contributed by atoms with Gasteiger partial charge in [0.15, 0.2) is 11.5 Å². The van der Waals surface area contributed by atoms with Gasteiger partial charge in [-0.3, -0.25) is 4.79 Å². The lowest BCUT2D eigenvalue weighted by Gasteiger charge is -2.20. The molecule has 0 fully saturated rings. The van der Waals surface area contributed by atoms with Gasteiger partial charge in [-0.2, -0.15) is 0 Å². The normalized spacial score (nSPS) is 14.1. The van der Waals surface area contributed by atoms with E-state index in [-0.39, 0.29) is 11.5 Å².